The maximum Gasteiger partial charge on any atom is 0.312 e. The maximum absolute atomic E-state index is 10.5. The van der Waals surface area contributed by atoms with E-state index < -0.39 is 11.6 Å². The summed E-state index contributed by atoms with van der Waals surface area (Å²) in [5.74, 6) is -1.35. The molecule has 4 heteroatoms. The van der Waals surface area contributed by atoms with Gasteiger partial charge in [-0.3, -0.25) is 0 Å². The zero-order chi connectivity index (χ0) is 15.5. The zero-order valence-electron chi connectivity index (χ0n) is 14.0. The number of hydrogen-bond donors (Lipinski definition) is 1. The monoisotopic (exact) mass is 290 g/mol. The minimum atomic E-state index is -1.35. The Morgan fingerprint density at radius 2 is 1.00 bits per heavy atom. The minimum Gasteiger partial charge on any atom is -0.382 e. The quantitative estimate of drug-likeness (QED) is 0.413. The highest BCUT2D eigenvalue weighted by atomic mass is 16.9. The van der Waals surface area contributed by atoms with E-state index in [0.29, 0.717) is 19.8 Å². The molecule has 0 aromatic carbocycles. The molecule has 20 heavy (non-hydrogen) atoms. The molecule has 0 saturated carbocycles. The second-order valence-corrected chi connectivity index (χ2v) is 5.72. The van der Waals surface area contributed by atoms with Crippen molar-refractivity contribution in [1.82, 2.24) is 0 Å². The molecule has 0 amide bonds. The van der Waals surface area contributed by atoms with E-state index in [1.807, 2.05) is 0 Å². The van der Waals surface area contributed by atoms with E-state index in [4.69, 9.17) is 14.2 Å². The first kappa shape index (κ1) is 19.8. The summed E-state index contributed by atoms with van der Waals surface area (Å²) in [5.41, 5.74) is -1.21. The standard InChI is InChI=1S/C16H34O4/c1-6-9-12-18-16(15(4,5)17,19-13-10-7-2)20-14-11-8-3/h17H,6-14H2,1-5H3. The van der Waals surface area contributed by atoms with Crippen LogP contribution in [0.15, 0.2) is 0 Å². The smallest absolute Gasteiger partial charge is 0.312 e. The number of rotatable bonds is 13. The number of unbranched alkanes of at least 4 members (excludes halogenated alkanes) is 3. The van der Waals surface area contributed by atoms with Crippen molar-refractivity contribution in [2.45, 2.75) is 84.7 Å². The summed E-state index contributed by atoms with van der Waals surface area (Å²) in [4.78, 5) is 0. The molecule has 0 atom stereocenters. The normalized spacial score (nSPS) is 12.9. The summed E-state index contributed by atoms with van der Waals surface area (Å²) in [7, 11) is 0. The van der Waals surface area contributed by atoms with Crippen molar-refractivity contribution < 1.29 is 19.3 Å². The molecule has 0 aliphatic heterocycles. The Morgan fingerprint density at radius 3 is 1.20 bits per heavy atom. The molecule has 0 aliphatic carbocycles. The van der Waals surface area contributed by atoms with Crippen LogP contribution in [0.5, 0.6) is 0 Å². The third kappa shape index (κ3) is 7.02. The summed E-state index contributed by atoms with van der Waals surface area (Å²) in [6.07, 6.45) is 5.87. The van der Waals surface area contributed by atoms with Crippen LogP contribution in [0, 0.1) is 0 Å². The lowest BCUT2D eigenvalue weighted by molar-refractivity contribution is -0.435. The predicted octanol–water partition coefficient (Wildman–Crippen LogP) is 3.86. The highest BCUT2D eigenvalue weighted by Crippen LogP contribution is 2.30. The number of hydrogen-bond acceptors (Lipinski definition) is 4. The van der Waals surface area contributed by atoms with Crippen molar-refractivity contribution in [3.05, 3.63) is 0 Å². The molecule has 0 spiro atoms. The molecular weight excluding hydrogens is 256 g/mol. The van der Waals surface area contributed by atoms with Crippen LogP contribution in [0.3, 0.4) is 0 Å². The molecule has 0 aliphatic rings. The lowest BCUT2D eigenvalue weighted by atomic mass is 10.1. The Labute approximate surface area is 124 Å². The lowest BCUT2D eigenvalue weighted by Crippen LogP contribution is -2.56. The van der Waals surface area contributed by atoms with Crippen molar-refractivity contribution in [2.75, 3.05) is 19.8 Å². The van der Waals surface area contributed by atoms with Gasteiger partial charge in [0.25, 0.3) is 0 Å². The molecular formula is C16H34O4. The van der Waals surface area contributed by atoms with Crippen molar-refractivity contribution in [3.63, 3.8) is 0 Å². The summed E-state index contributed by atoms with van der Waals surface area (Å²) < 4.78 is 17.5. The van der Waals surface area contributed by atoms with Crippen molar-refractivity contribution >= 4 is 0 Å². The van der Waals surface area contributed by atoms with Gasteiger partial charge in [0.05, 0.1) is 19.8 Å². The van der Waals surface area contributed by atoms with Gasteiger partial charge in [0.2, 0.25) is 0 Å². The fourth-order valence-corrected chi connectivity index (χ4v) is 1.71. The molecule has 0 saturated heterocycles. The van der Waals surface area contributed by atoms with E-state index >= 15 is 0 Å². The number of aliphatic hydroxyl groups is 1. The van der Waals surface area contributed by atoms with Gasteiger partial charge in [-0.2, -0.15) is 0 Å². The van der Waals surface area contributed by atoms with Crippen LogP contribution in [0.1, 0.15) is 73.1 Å². The Morgan fingerprint density at radius 1 is 0.700 bits per heavy atom. The van der Waals surface area contributed by atoms with Gasteiger partial charge in [0.1, 0.15) is 5.60 Å². The summed E-state index contributed by atoms with van der Waals surface area (Å²) in [6, 6.07) is 0. The zero-order valence-corrected chi connectivity index (χ0v) is 14.0. The second kappa shape index (κ2) is 10.6. The summed E-state index contributed by atoms with van der Waals surface area (Å²) in [6.45, 7) is 11.2. The van der Waals surface area contributed by atoms with Crippen molar-refractivity contribution in [2.24, 2.45) is 0 Å². The van der Waals surface area contributed by atoms with E-state index in [0.717, 1.165) is 38.5 Å². The Kier molecular flexibility index (Phi) is 10.5. The summed E-state index contributed by atoms with van der Waals surface area (Å²) >= 11 is 0. The Bertz CT molecular complexity index is 196. The van der Waals surface area contributed by atoms with E-state index in [9.17, 15) is 5.11 Å². The Hall–Kier alpha value is -0.160. The molecule has 0 heterocycles. The van der Waals surface area contributed by atoms with Crippen LogP contribution in [0.25, 0.3) is 0 Å². The molecule has 122 valence electrons. The highest BCUT2D eigenvalue weighted by Gasteiger charge is 2.48. The van der Waals surface area contributed by atoms with Gasteiger partial charge < -0.3 is 19.3 Å². The molecule has 0 radical (unpaired) electrons. The van der Waals surface area contributed by atoms with Crippen LogP contribution < -0.4 is 0 Å². The van der Waals surface area contributed by atoms with Crippen molar-refractivity contribution in [3.8, 4) is 0 Å². The van der Waals surface area contributed by atoms with Crippen LogP contribution in [-0.4, -0.2) is 36.5 Å². The predicted molar refractivity (Wildman–Crippen MR) is 81.6 cm³/mol. The van der Waals surface area contributed by atoms with E-state index in [1.165, 1.54) is 0 Å². The molecule has 0 unspecified atom stereocenters. The SMILES string of the molecule is CCCCOC(OCCCC)(OCCCC)C(C)(C)O. The molecule has 0 rings (SSSR count). The van der Waals surface area contributed by atoms with Gasteiger partial charge in [-0.15, -0.1) is 0 Å². The fraction of sp³-hybridized carbons (Fsp3) is 1.00. The largest absolute Gasteiger partial charge is 0.382 e. The van der Waals surface area contributed by atoms with Gasteiger partial charge in [-0.1, -0.05) is 40.0 Å². The van der Waals surface area contributed by atoms with Crippen LogP contribution >= 0.6 is 0 Å². The summed E-state index contributed by atoms with van der Waals surface area (Å²) in [5, 5.41) is 10.5. The first-order valence-electron chi connectivity index (χ1n) is 8.07. The van der Waals surface area contributed by atoms with Crippen LogP contribution in [-0.2, 0) is 14.2 Å². The second-order valence-electron chi connectivity index (χ2n) is 5.72. The van der Waals surface area contributed by atoms with Gasteiger partial charge >= 0.3 is 5.97 Å². The third-order valence-electron chi connectivity index (χ3n) is 3.12. The Balaban J connectivity index is 4.77. The average molecular weight is 290 g/mol. The first-order valence-corrected chi connectivity index (χ1v) is 8.07. The third-order valence-corrected chi connectivity index (χ3v) is 3.12. The van der Waals surface area contributed by atoms with Gasteiger partial charge in [-0.25, -0.2) is 0 Å². The molecule has 0 bridgehead atoms. The van der Waals surface area contributed by atoms with Crippen LogP contribution in [0.2, 0.25) is 0 Å². The topological polar surface area (TPSA) is 47.9 Å². The van der Waals surface area contributed by atoms with E-state index in [-0.39, 0.29) is 0 Å². The van der Waals surface area contributed by atoms with Gasteiger partial charge in [0, 0.05) is 0 Å². The lowest BCUT2D eigenvalue weighted by Gasteiger charge is -2.41. The number of ether oxygens (including phenoxy) is 3. The molecule has 1 N–H and O–H groups in total. The van der Waals surface area contributed by atoms with E-state index in [2.05, 4.69) is 20.8 Å². The minimum absolute atomic E-state index is 0.527. The van der Waals surface area contributed by atoms with Gasteiger partial charge in [0.15, 0.2) is 0 Å². The first-order chi connectivity index (χ1) is 9.43. The maximum atomic E-state index is 10.5. The molecule has 0 aromatic heterocycles. The van der Waals surface area contributed by atoms with Crippen molar-refractivity contribution in [1.29, 1.82) is 0 Å². The molecule has 0 fully saturated rings. The molecule has 4 nitrogen and oxygen atoms in total. The van der Waals surface area contributed by atoms with Gasteiger partial charge in [-0.05, 0) is 33.1 Å². The fourth-order valence-electron chi connectivity index (χ4n) is 1.71. The highest BCUT2D eigenvalue weighted by molar-refractivity contribution is 4.80. The molecule has 0 aromatic rings. The van der Waals surface area contributed by atoms with Crippen LogP contribution in [0.4, 0.5) is 0 Å². The average Bonchev–Trinajstić information content (AvgIpc) is 2.37. The van der Waals surface area contributed by atoms with E-state index in [1.54, 1.807) is 13.8 Å².